The lowest BCUT2D eigenvalue weighted by Crippen LogP contribution is -2.55. The predicted octanol–water partition coefficient (Wildman–Crippen LogP) is 20.1. The van der Waals surface area contributed by atoms with E-state index in [1.165, 1.54) is 104 Å². The smallest absolute Gasteiger partial charge is 0.140 e. The van der Waals surface area contributed by atoms with E-state index in [4.69, 9.17) is 8.83 Å². The van der Waals surface area contributed by atoms with Crippen LogP contribution in [0, 0.1) is 37.5 Å². The van der Waals surface area contributed by atoms with Gasteiger partial charge in [0.15, 0.2) is 0 Å². The average molecular weight is 981 g/mol. The highest BCUT2D eigenvalue weighted by Crippen LogP contribution is 2.71. The zero-order valence-corrected chi connectivity index (χ0v) is 42.8. The fourth-order valence-electron chi connectivity index (χ4n) is 15.4. The maximum absolute atomic E-state index is 7.47. The summed E-state index contributed by atoms with van der Waals surface area (Å²) in [5, 5.41) is 4.70. The molecule has 4 heteroatoms. The second-order valence-electron chi connectivity index (χ2n) is 22.6. The van der Waals surface area contributed by atoms with Crippen molar-refractivity contribution in [3.63, 3.8) is 0 Å². The minimum Gasteiger partial charge on any atom is -0.456 e. The van der Waals surface area contributed by atoms with Gasteiger partial charge < -0.3 is 18.6 Å². The number of hydrogen-bond donors (Lipinski definition) is 0. The van der Waals surface area contributed by atoms with Crippen LogP contribution in [0.5, 0.6) is 0 Å². The van der Waals surface area contributed by atoms with Crippen molar-refractivity contribution in [2.75, 3.05) is 9.80 Å². The molecular weight excluding hydrogens is 925 g/mol. The van der Waals surface area contributed by atoms with Crippen molar-refractivity contribution in [1.82, 2.24) is 0 Å². The Bertz CT molecular complexity index is 4230. The minimum absolute atomic E-state index is 0.145. The van der Waals surface area contributed by atoms with Crippen LogP contribution in [0.3, 0.4) is 0 Å². The molecule has 5 aliphatic rings. The summed E-state index contributed by atoms with van der Waals surface area (Å²) in [6.07, 6.45) is 6.52. The number of aryl methyl sites for hydroxylation is 2. The maximum Gasteiger partial charge on any atom is 0.140 e. The molecular formula is C72H56N2O2. The van der Waals surface area contributed by atoms with Gasteiger partial charge in [-0.05, 0) is 199 Å². The topological polar surface area (TPSA) is 32.8 Å². The normalized spacial score (nSPS) is 20.0. The second-order valence-corrected chi connectivity index (χ2v) is 22.6. The lowest BCUT2D eigenvalue weighted by atomic mass is 9.43. The van der Waals surface area contributed by atoms with Gasteiger partial charge in [-0.2, -0.15) is 0 Å². The molecule has 0 saturated heterocycles. The molecule has 4 saturated carbocycles. The molecule has 0 unspecified atom stereocenters. The largest absolute Gasteiger partial charge is 0.456 e. The van der Waals surface area contributed by atoms with E-state index in [1.54, 1.807) is 0 Å². The monoisotopic (exact) mass is 980 g/mol. The SMILES string of the molecule is Cc1ccccc1N(c1ccc(-c2ccccc2)cc1)c1ccc2c(c1)oc1cc3c(cc12)-c1ccc2c(oc4cc(N(c5ccc(-c6ccccc6)cc5)c5ccccc5C)ccc42)c1C31C2CC3CC(C2)CC1C3. The Morgan fingerprint density at radius 2 is 0.816 bits per heavy atom. The van der Waals surface area contributed by atoms with E-state index >= 15 is 0 Å². The van der Waals surface area contributed by atoms with Crippen LogP contribution < -0.4 is 9.80 Å². The van der Waals surface area contributed by atoms with Gasteiger partial charge in [-0.3, -0.25) is 0 Å². The van der Waals surface area contributed by atoms with E-state index in [0.717, 1.165) is 73.7 Å². The highest BCUT2D eigenvalue weighted by molar-refractivity contribution is 6.13. The molecule has 76 heavy (non-hydrogen) atoms. The Morgan fingerprint density at radius 1 is 0.368 bits per heavy atom. The average Bonchev–Trinajstić information content (AvgIpc) is 4.13. The van der Waals surface area contributed by atoms with Crippen LogP contribution in [0.1, 0.15) is 54.4 Å². The van der Waals surface area contributed by atoms with Gasteiger partial charge in [-0.1, -0.05) is 127 Å². The number of anilines is 6. The summed E-state index contributed by atoms with van der Waals surface area (Å²) in [4.78, 5) is 4.77. The van der Waals surface area contributed by atoms with Crippen molar-refractivity contribution in [1.29, 1.82) is 0 Å². The number of benzene rings is 10. The summed E-state index contributed by atoms with van der Waals surface area (Å²) in [6, 6.07) is 80.1. The molecule has 1 spiro atoms. The summed E-state index contributed by atoms with van der Waals surface area (Å²) in [6.45, 7) is 4.40. The Kier molecular flexibility index (Phi) is 9.62. The van der Waals surface area contributed by atoms with Crippen LogP contribution in [0.2, 0.25) is 0 Å². The first-order chi connectivity index (χ1) is 37.4. The number of nitrogens with zero attached hydrogens (tertiary/aromatic N) is 2. The van der Waals surface area contributed by atoms with E-state index in [-0.39, 0.29) is 5.41 Å². The van der Waals surface area contributed by atoms with Crippen molar-refractivity contribution in [3.05, 3.63) is 241 Å². The summed E-state index contributed by atoms with van der Waals surface area (Å²) in [5.41, 5.74) is 23.2. The van der Waals surface area contributed by atoms with Gasteiger partial charge in [0, 0.05) is 78.8 Å². The molecule has 0 N–H and O–H groups in total. The van der Waals surface area contributed by atoms with Crippen molar-refractivity contribution in [2.24, 2.45) is 23.7 Å². The molecule has 0 atom stereocenters. The summed E-state index contributed by atoms with van der Waals surface area (Å²) >= 11 is 0. The molecule has 12 aromatic rings. The van der Waals surface area contributed by atoms with E-state index in [0.29, 0.717) is 11.8 Å². The first kappa shape index (κ1) is 43.8. The summed E-state index contributed by atoms with van der Waals surface area (Å²) in [5.74, 6) is 2.73. The van der Waals surface area contributed by atoms with Crippen LogP contribution >= 0.6 is 0 Å². The van der Waals surface area contributed by atoms with Crippen LogP contribution in [0.25, 0.3) is 77.3 Å². The third kappa shape index (κ3) is 6.49. The summed E-state index contributed by atoms with van der Waals surface area (Å²) < 4.78 is 14.6. The fraction of sp³-hybridized carbons (Fsp3) is 0.167. The molecule has 2 aromatic heterocycles. The molecule has 0 aliphatic heterocycles. The van der Waals surface area contributed by atoms with Gasteiger partial charge in [0.25, 0.3) is 0 Å². The van der Waals surface area contributed by atoms with Gasteiger partial charge in [0.2, 0.25) is 0 Å². The Labute approximate surface area is 443 Å². The van der Waals surface area contributed by atoms with Crippen LogP contribution in [-0.4, -0.2) is 0 Å². The van der Waals surface area contributed by atoms with Gasteiger partial charge in [-0.25, -0.2) is 0 Å². The minimum atomic E-state index is -0.145. The molecule has 5 aliphatic carbocycles. The lowest BCUT2D eigenvalue weighted by Gasteiger charge is -2.61. The molecule has 17 rings (SSSR count). The van der Waals surface area contributed by atoms with Gasteiger partial charge in [0.05, 0.1) is 0 Å². The van der Waals surface area contributed by atoms with Crippen molar-refractivity contribution < 1.29 is 8.83 Å². The number of furan rings is 2. The molecule has 0 amide bonds. The molecule has 10 aromatic carbocycles. The van der Waals surface area contributed by atoms with E-state index in [9.17, 15) is 0 Å². The van der Waals surface area contributed by atoms with E-state index in [1.807, 2.05) is 0 Å². The number of rotatable bonds is 8. The van der Waals surface area contributed by atoms with E-state index < -0.39 is 0 Å². The van der Waals surface area contributed by atoms with Gasteiger partial charge in [-0.15, -0.1) is 0 Å². The van der Waals surface area contributed by atoms with Gasteiger partial charge in [0.1, 0.15) is 22.3 Å². The van der Waals surface area contributed by atoms with E-state index in [2.05, 4.69) is 242 Å². The maximum atomic E-state index is 7.47. The number of hydrogen-bond acceptors (Lipinski definition) is 4. The molecule has 4 fully saturated rings. The zero-order valence-electron chi connectivity index (χ0n) is 42.8. The second kappa shape index (κ2) is 16.7. The number of para-hydroxylation sites is 2. The molecule has 0 radical (unpaired) electrons. The van der Waals surface area contributed by atoms with Crippen LogP contribution in [0.4, 0.5) is 34.1 Å². The van der Waals surface area contributed by atoms with Crippen LogP contribution in [-0.2, 0) is 5.41 Å². The van der Waals surface area contributed by atoms with Gasteiger partial charge >= 0.3 is 0 Å². The first-order valence-electron chi connectivity index (χ1n) is 27.5. The Morgan fingerprint density at radius 3 is 1.36 bits per heavy atom. The third-order valence-electron chi connectivity index (χ3n) is 18.5. The summed E-state index contributed by atoms with van der Waals surface area (Å²) in [7, 11) is 0. The predicted molar refractivity (Wildman–Crippen MR) is 314 cm³/mol. The third-order valence-corrected chi connectivity index (χ3v) is 18.5. The van der Waals surface area contributed by atoms with Crippen molar-refractivity contribution in [2.45, 2.75) is 51.4 Å². The van der Waals surface area contributed by atoms with Crippen molar-refractivity contribution >= 4 is 78.0 Å². The number of fused-ring (bicyclic) bond motifs is 10. The first-order valence-corrected chi connectivity index (χ1v) is 27.5. The highest BCUT2D eigenvalue weighted by Gasteiger charge is 2.62. The highest BCUT2D eigenvalue weighted by atomic mass is 16.3. The quantitative estimate of drug-likeness (QED) is 0.152. The Balaban J connectivity index is 0.842. The molecule has 4 nitrogen and oxygen atoms in total. The molecule has 4 bridgehead atoms. The Hall–Kier alpha value is -8.60. The standard InChI is InChI=1S/C72H56N2O2/c1-44-13-9-11-19-65(44)73(54-25-21-50(22-26-54)48-15-5-3-6-16-48)56-30-32-59-63-42-62-60-33-34-61-58-31-29-57(74(66-20-12-10-14-45(66)2)55-27-23-51(24-28-55)49-17-7-4-8-18-49)41-68(58)76-71(61)70(60)72(64(62)43-69(63)75-67(59)40-56)52-36-46-35-47(38-52)39-53(72)37-46/h3-34,40-43,46-47,52-53H,35-39H2,1-2H3. The van der Waals surface area contributed by atoms with Crippen molar-refractivity contribution in [3.8, 4) is 33.4 Å². The molecule has 366 valence electrons. The lowest BCUT2D eigenvalue weighted by molar-refractivity contribution is -0.0396. The molecule has 2 heterocycles. The fourth-order valence-corrected chi connectivity index (χ4v) is 15.4. The zero-order chi connectivity index (χ0) is 50.2. The van der Waals surface area contributed by atoms with Crippen LogP contribution in [0.15, 0.2) is 227 Å².